The molecule has 1 saturated heterocycles. The molecule has 0 aromatic carbocycles. The molecule has 4 N–H and O–H groups in total. The number of aliphatic hydroxyl groups is 1. The van der Waals surface area contributed by atoms with Gasteiger partial charge in [0.15, 0.2) is 5.84 Å². The third kappa shape index (κ3) is 3.62. The van der Waals surface area contributed by atoms with E-state index < -0.39 is 5.60 Å². The molecular formula is C14H22N4O3. The Balaban J connectivity index is 2.25. The number of oxime groups is 1. The minimum Gasteiger partial charge on any atom is -0.409 e. The molecule has 2 heterocycles. The first-order valence-corrected chi connectivity index (χ1v) is 6.92. The van der Waals surface area contributed by atoms with Gasteiger partial charge in [-0.3, -0.25) is 0 Å². The SMILES string of the molecule is Cc1ccc(/C(N)=N/O)c(N(C)CC2(O)CCOCC2)n1. The molecule has 2 rings (SSSR count). The highest BCUT2D eigenvalue weighted by atomic mass is 16.5. The van der Waals surface area contributed by atoms with Gasteiger partial charge in [-0.1, -0.05) is 5.16 Å². The number of nitrogens with two attached hydrogens (primary N) is 1. The van der Waals surface area contributed by atoms with Crippen LogP contribution in [0, 0.1) is 6.92 Å². The Morgan fingerprint density at radius 1 is 1.48 bits per heavy atom. The van der Waals surface area contributed by atoms with Crippen LogP contribution in [0.1, 0.15) is 24.1 Å². The maximum absolute atomic E-state index is 10.6. The van der Waals surface area contributed by atoms with Gasteiger partial charge >= 0.3 is 0 Å². The molecule has 1 aromatic rings. The minimum atomic E-state index is -0.805. The van der Waals surface area contributed by atoms with Gasteiger partial charge in [-0.25, -0.2) is 4.98 Å². The van der Waals surface area contributed by atoms with E-state index in [1.54, 1.807) is 12.1 Å². The first-order chi connectivity index (χ1) is 9.95. The van der Waals surface area contributed by atoms with Crippen molar-refractivity contribution in [1.82, 2.24) is 4.98 Å². The van der Waals surface area contributed by atoms with Crippen molar-refractivity contribution in [1.29, 1.82) is 0 Å². The summed E-state index contributed by atoms with van der Waals surface area (Å²) in [4.78, 5) is 6.29. The normalized spacial score (nSPS) is 18.5. The van der Waals surface area contributed by atoms with Crippen LogP contribution in [0.4, 0.5) is 5.82 Å². The van der Waals surface area contributed by atoms with Crippen molar-refractivity contribution in [2.45, 2.75) is 25.4 Å². The zero-order valence-electron chi connectivity index (χ0n) is 12.4. The average molecular weight is 294 g/mol. The molecule has 0 bridgehead atoms. The number of aryl methyl sites for hydroxylation is 1. The predicted octanol–water partition coefficient (Wildman–Crippen LogP) is 0.462. The van der Waals surface area contributed by atoms with Crippen molar-refractivity contribution in [3.8, 4) is 0 Å². The van der Waals surface area contributed by atoms with Crippen LogP contribution in [0.25, 0.3) is 0 Å². The highest BCUT2D eigenvalue weighted by Gasteiger charge is 2.32. The minimum absolute atomic E-state index is 0.00307. The molecule has 1 aliphatic heterocycles. The maximum Gasteiger partial charge on any atom is 0.173 e. The van der Waals surface area contributed by atoms with Gasteiger partial charge in [-0.05, 0) is 19.1 Å². The van der Waals surface area contributed by atoms with Gasteiger partial charge in [0.25, 0.3) is 0 Å². The number of anilines is 1. The molecule has 7 heteroatoms. The van der Waals surface area contributed by atoms with Crippen molar-refractivity contribution in [3.05, 3.63) is 23.4 Å². The van der Waals surface area contributed by atoms with E-state index in [-0.39, 0.29) is 5.84 Å². The molecule has 0 radical (unpaired) electrons. The Kier molecular flexibility index (Phi) is 4.64. The van der Waals surface area contributed by atoms with Crippen LogP contribution in [-0.4, -0.2) is 53.5 Å². The largest absolute Gasteiger partial charge is 0.409 e. The molecule has 0 amide bonds. The first kappa shape index (κ1) is 15.5. The lowest BCUT2D eigenvalue weighted by molar-refractivity contribution is -0.0573. The number of rotatable bonds is 4. The quantitative estimate of drug-likeness (QED) is 0.322. The van der Waals surface area contributed by atoms with E-state index in [1.807, 2.05) is 18.9 Å². The molecule has 1 fully saturated rings. The number of nitrogens with zero attached hydrogens (tertiary/aromatic N) is 3. The van der Waals surface area contributed by atoms with Crippen LogP contribution in [0.5, 0.6) is 0 Å². The summed E-state index contributed by atoms with van der Waals surface area (Å²) in [5.74, 6) is 0.591. The molecule has 21 heavy (non-hydrogen) atoms. The van der Waals surface area contributed by atoms with E-state index in [2.05, 4.69) is 10.1 Å². The molecule has 7 nitrogen and oxygen atoms in total. The molecule has 0 unspecified atom stereocenters. The van der Waals surface area contributed by atoms with E-state index in [9.17, 15) is 5.11 Å². The van der Waals surface area contributed by atoms with Crippen LogP contribution in [0.2, 0.25) is 0 Å². The van der Waals surface area contributed by atoms with E-state index in [0.717, 1.165) is 5.69 Å². The molecule has 1 aromatic heterocycles. The van der Waals surface area contributed by atoms with E-state index in [4.69, 9.17) is 15.7 Å². The Hall–Kier alpha value is -1.86. The zero-order valence-corrected chi connectivity index (χ0v) is 12.4. The summed E-state index contributed by atoms with van der Waals surface area (Å²) in [6.07, 6.45) is 1.17. The Bertz CT molecular complexity index is 527. The van der Waals surface area contributed by atoms with Crippen molar-refractivity contribution in [2.24, 2.45) is 10.9 Å². The topological polar surface area (TPSA) is 104 Å². The smallest absolute Gasteiger partial charge is 0.173 e. The van der Waals surface area contributed by atoms with Gasteiger partial charge in [0.1, 0.15) is 5.82 Å². The fourth-order valence-corrected chi connectivity index (χ4v) is 2.51. The molecule has 1 aliphatic rings. The summed E-state index contributed by atoms with van der Waals surface area (Å²) in [5, 5.41) is 22.5. The van der Waals surface area contributed by atoms with E-state index in [0.29, 0.717) is 44.0 Å². The average Bonchev–Trinajstić information content (AvgIpc) is 2.46. The number of aromatic nitrogens is 1. The molecule has 0 atom stereocenters. The molecule has 116 valence electrons. The van der Waals surface area contributed by atoms with Crippen molar-refractivity contribution in [2.75, 3.05) is 31.7 Å². The van der Waals surface area contributed by atoms with E-state index >= 15 is 0 Å². The summed E-state index contributed by atoms with van der Waals surface area (Å²) in [6, 6.07) is 3.56. The zero-order chi connectivity index (χ0) is 15.5. The van der Waals surface area contributed by atoms with Gasteiger partial charge in [0.05, 0.1) is 11.2 Å². The number of ether oxygens (including phenoxy) is 1. The molecule has 0 spiro atoms. The van der Waals surface area contributed by atoms with Crippen molar-refractivity contribution >= 4 is 11.7 Å². The lowest BCUT2D eigenvalue weighted by Crippen LogP contribution is -2.46. The summed E-state index contributed by atoms with van der Waals surface area (Å²) in [5.41, 5.74) is 6.26. The lowest BCUT2D eigenvalue weighted by Gasteiger charge is -2.36. The van der Waals surface area contributed by atoms with Gasteiger partial charge in [0, 0.05) is 45.3 Å². The molecule has 0 aliphatic carbocycles. The second kappa shape index (κ2) is 6.28. The van der Waals surface area contributed by atoms with Gasteiger partial charge in [-0.2, -0.15) is 0 Å². The summed E-state index contributed by atoms with van der Waals surface area (Å²) in [7, 11) is 1.84. The monoisotopic (exact) mass is 294 g/mol. The van der Waals surface area contributed by atoms with Crippen molar-refractivity contribution in [3.63, 3.8) is 0 Å². The third-order valence-corrected chi connectivity index (χ3v) is 3.71. The predicted molar refractivity (Wildman–Crippen MR) is 79.8 cm³/mol. The molecule has 0 saturated carbocycles. The second-order valence-corrected chi connectivity index (χ2v) is 5.50. The Labute approximate surface area is 124 Å². The fourth-order valence-electron chi connectivity index (χ4n) is 2.51. The van der Waals surface area contributed by atoms with Gasteiger partial charge in [0.2, 0.25) is 0 Å². The van der Waals surface area contributed by atoms with Gasteiger partial charge in [-0.15, -0.1) is 0 Å². The standard InChI is InChI=1S/C14H22N4O3/c1-10-3-4-11(12(15)17-20)13(16-10)18(2)9-14(19)5-7-21-8-6-14/h3-4,19-20H,5-9H2,1-2H3,(H2,15,17). The third-order valence-electron chi connectivity index (χ3n) is 3.71. The fraction of sp³-hybridized carbons (Fsp3) is 0.571. The van der Waals surface area contributed by atoms with Gasteiger partial charge < -0.3 is 25.7 Å². The van der Waals surface area contributed by atoms with E-state index in [1.165, 1.54) is 0 Å². The Morgan fingerprint density at radius 3 is 2.76 bits per heavy atom. The van der Waals surface area contributed by atoms with Crippen LogP contribution in [0.3, 0.4) is 0 Å². The number of likely N-dealkylation sites (N-methyl/N-ethyl adjacent to an activating group) is 1. The number of hydrogen-bond acceptors (Lipinski definition) is 6. The van der Waals surface area contributed by atoms with Crippen LogP contribution < -0.4 is 10.6 Å². The lowest BCUT2D eigenvalue weighted by atomic mass is 9.94. The summed E-state index contributed by atoms with van der Waals surface area (Å²) in [6.45, 7) is 3.40. The second-order valence-electron chi connectivity index (χ2n) is 5.50. The van der Waals surface area contributed by atoms with Crippen LogP contribution >= 0.6 is 0 Å². The highest BCUT2D eigenvalue weighted by Crippen LogP contribution is 2.25. The summed E-state index contributed by atoms with van der Waals surface area (Å²) >= 11 is 0. The number of amidine groups is 1. The summed E-state index contributed by atoms with van der Waals surface area (Å²) < 4.78 is 5.28. The number of pyridine rings is 1. The highest BCUT2D eigenvalue weighted by molar-refractivity contribution is 6.01. The van der Waals surface area contributed by atoms with Crippen LogP contribution in [0.15, 0.2) is 17.3 Å². The maximum atomic E-state index is 10.6. The van der Waals surface area contributed by atoms with Crippen LogP contribution in [-0.2, 0) is 4.74 Å². The van der Waals surface area contributed by atoms with Crippen molar-refractivity contribution < 1.29 is 15.1 Å². The Morgan fingerprint density at radius 2 is 2.14 bits per heavy atom. The first-order valence-electron chi connectivity index (χ1n) is 6.92. The number of hydrogen-bond donors (Lipinski definition) is 3. The molecular weight excluding hydrogens is 272 g/mol.